The Morgan fingerprint density at radius 2 is 1.38 bits per heavy atom. The molecule has 2 amide bonds. The summed E-state index contributed by atoms with van der Waals surface area (Å²) in [5.74, 6) is -3.51. The van der Waals surface area contributed by atoms with Crippen molar-refractivity contribution in [2.75, 3.05) is 10.6 Å². The monoisotopic (exact) mass is 726 g/mol. The fraction of sp³-hybridized carbons (Fsp3) is 0.0278. The molecule has 2 N–H and O–H groups in total. The van der Waals surface area contributed by atoms with Gasteiger partial charge in [-0.05, 0) is 48.5 Å². The summed E-state index contributed by atoms with van der Waals surface area (Å²) < 4.78 is 84.8. The van der Waals surface area contributed by atoms with Crippen LogP contribution < -0.4 is 29.4 Å². The Kier molecular flexibility index (Phi) is 10.1. The number of alkyl halides is 3. The van der Waals surface area contributed by atoms with Gasteiger partial charge >= 0.3 is 6.36 Å². The highest BCUT2D eigenvalue weighted by molar-refractivity contribution is 6.05. The maximum atomic E-state index is 14.4. The third kappa shape index (κ3) is 9.61. The maximum Gasteiger partial charge on any atom is 0.573 e. The molecule has 0 aliphatic carbocycles. The van der Waals surface area contributed by atoms with Crippen molar-refractivity contribution in [2.45, 2.75) is 6.36 Å². The van der Waals surface area contributed by atoms with Crippen molar-refractivity contribution in [3.8, 4) is 40.5 Å². The van der Waals surface area contributed by atoms with Gasteiger partial charge in [-0.2, -0.15) is 9.83 Å². The molecule has 0 aliphatic rings. The van der Waals surface area contributed by atoms with Gasteiger partial charge in [0.1, 0.15) is 47.1 Å². The van der Waals surface area contributed by atoms with E-state index < -0.39 is 35.6 Å². The predicted octanol–water partition coefficient (Wildman–Crippen LogP) is 7.29. The third-order valence-electron chi connectivity index (χ3n) is 6.86. The molecule has 6 aromatic rings. The molecule has 0 fully saturated rings. The number of anilines is 2. The second-order valence-electron chi connectivity index (χ2n) is 10.8. The molecule has 2 aromatic heterocycles. The highest BCUT2D eigenvalue weighted by Crippen LogP contribution is 2.29. The number of amides is 2. The first-order valence-corrected chi connectivity index (χ1v) is 15.0. The molecule has 0 unspecified atom stereocenters. The van der Waals surface area contributed by atoms with Crippen LogP contribution in [0.1, 0.15) is 26.3 Å². The van der Waals surface area contributed by atoms with Crippen LogP contribution >= 0.6 is 0 Å². The molecule has 0 saturated heterocycles. The minimum Gasteiger partial charge on any atom is -0.454 e. The first kappa shape index (κ1) is 35.3. The van der Waals surface area contributed by atoms with Gasteiger partial charge in [-0.3, -0.25) is 9.59 Å². The van der Waals surface area contributed by atoms with Gasteiger partial charge in [0.15, 0.2) is 11.9 Å². The molecule has 0 atom stereocenters. The Hall–Kier alpha value is -7.48. The van der Waals surface area contributed by atoms with Crippen molar-refractivity contribution in [1.82, 2.24) is 15.0 Å². The molecule has 0 bridgehead atoms. The molecule has 4 aromatic carbocycles. The Morgan fingerprint density at radius 1 is 0.698 bits per heavy atom. The molecule has 0 spiro atoms. The summed E-state index contributed by atoms with van der Waals surface area (Å²) in [5, 5.41) is 14.5. The van der Waals surface area contributed by atoms with E-state index in [2.05, 4.69) is 30.3 Å². The number of carbonyl (C=O) groups excluding carboxylic acids is 2. The van der Waals surface area contributed by atoms with Gasteiger partial charge in [-0.15, -0.1) is 13.2 Å². The zero-order chi connectivity index (χ0) is 37.5. The number of hydrogen-bond acceptors (Lipinski definition) is 9. The first-order chi connectivity index (χ1) is 25.4. The van der Waals surface area contributed by atoms with Gasteiger partial charge < -0.3 is 24.8 Å². The van der Waals surface area contributed by atoms with E-state index in [4.69, 9.17) is 9.47 Å². The van der Waals surface area contributed by atoms with Crippen LogP contribution in [-0.4, -0.2) is 33.1 Å². The Morgan fingerprint density at radius 3 is 2.09 bits per heavy atom. The van der Waals surface area contributed by atoms with Crippen LogP contribution in [0.4, 0.5) is 33.3 Å². The van der Waals surface area contributed by atoms with E-state index in [1.54, 1.807) is 0 Å². The van der Waals surface area contributed by atoms with E-state index in [0.717, 1.165) is 30.3 Å². The summed E-state index contributed by atoms with van der Waals surface area (Å²) in [5.41, 5.74) is -0.168. The lowest BCUT2D eigenvalue weighted by atomic mass is 10.1. The van der Waals surface area contributed by atoms with E-state index in [1.165, 1.54) is 90.5 Å². The number of aromatic nitrogens is 4. The lowest BCUT2D eigenvalue weighted by molar-refractivity contribution is -0.599. The van der Waals surface area contributed by atoms with Crippen LogP contribution in [0.3, 0.4) is 0 Å². The summed E-state index contributed by atoms with van der Waals surface area (Å²) >= 11 is 0. The second-order valence-corrected chi connectivity index (χ2v) is 10.8. The number of hydrogen-bond donors (Lipinski definition) is 2. The molecule has 0 radical (unpaired) electrons. The van der Waals surface area contributed by atoms with Crippen LogP contribution in [0.2, 0.25) is 0 Å². The lowest BCUT2D eigenvalue weighted by Crippen LogP contribution is -2.31. The van der Waals surface area contributed by atoms with Gasteiger partial charge in [0.05, 0.1) is 24.0 Å². The number of rotatable bonds is 10. The first-order valence-electron chi connectivity index (χ1n) is 15.0. The quantitative estimate of drug-likeness (QED) is 0.110. The minimum absolute atomic E-state index is 0.0225. The number of nitrogens with one attached hydrogen (secondary N) is 2. The summed E-state index contributed by atoms with van der Waals surface area (Å²) in [4.78, 5) is 37.7. The Balaban J connectivity index is 1.26. The third-order valence-corrected chi connectivity index (χ3v) is 6.86. The minimum atomic E-state index is -5.12. The van der Waals surface area contributed by atoms with E-state index in [1.807, 2.05) is 6.07 Å². The van der Waals surface area contributed by atoms with Gasteiger partial charge in [0, 0.05) is 46.8 Å². The number of carbonyl (C=O) groups is 2. The van der Waals surface area contributed by atoms with E-state index in [9.17, 15) is 36.8 Å². The number of halogens is 5. The Labute approximate surface area is 295 Å². The number of nitriles is 1. The van der Waals surface area contributed by atoms with Crippen molar-refractivity contribution >= 4 is 23.2 Å². The van der Waals surface area contributed by atoms with Crippen molar-refractivity contribution in [3.05, 3.63) is 145 Å². The molecule has 264 valence electrons. The number of ether oxygens (including phenoxy) is 3. The van der Waals surface area contributed by atoms with Crippen LogP contribution in [0.15, 0.2) is 116 Å². The topological polar surface area (TPSA) is 152 Å². The van der Waals surface area contributed by atoms with Crippen molar-refractivity contribution in [2.24, 2.45) is 0 Å². The van der Waals surface area contributed by atoms with Crippen LogP contribution in [0.5, 0.6) is 28.7 Å². The zero-order valence-electron chi connectivity index (χ0n) is 26.6. The average Bonchev–Trinajstić information content (AvgIpc) is 3.11. The van der Waals surface area contributed by atoms with Gasteiger partial charge in [0.25, 0.3) is 18.1 Å². The van der Waals surface area contributed by atoms with Crippen molar-refractivity contribution < 1.29 is 50.3 Å². The fourth-order valence-corrected chi connectivity index (χ4v) is 4.77. The molecule has 17 heteroatoms. The largest absolute Gasteiger partial charge is 0.573 e. The highest BCUT2D eigenvalue weighted by Gasteiger charge is 2.32. The normalized spacial score (nSPS) is 10.9. The molecule has 2 heterocycles. The van der Waals surface area contributed by atoms with Crippen LogP contribution in [0.25, 0.3) is 5.69 Å². The van der Waals surface area contributed by atoms with Crippen molar-refractivity contribution in [3.63, 3.8) is 0 Å². The van der Waals surface area contributed by atoms with Crippen LogP contribution in [0, 0.1) is 23.0 Å². The van der Waals surface area contributed by atoms with E-state index in [-0.39, 0.29) is 56.8 Å². The fourth-order valence-electron chi connectivity index (χ4n) is 4.77. The average molecular weight is 727 g/mol. The van der Waals surface area contributed by atoms with E-state index in [0.29, 0.717) is 0 Å². The molecule has 53 heavy (non-hydrogen) atoms. The summed E-state index contributed by atoms with van der Waals surface area (Å²) in [6.07, 6.45) is 2.58. The van der Waals surface area contributed by atoms with Crippen molar-refractivity contribution in [1.29, 1.82) is 5.26 Å². The second kappa shape index (κ2) is 15.2. The number of nitrogens with zero attached hydrogens (tertiary/aromatic N) is 5. The summed E-state index contributed by atoms with van der Waals surface area (Å²) in [6, 6.07) is 17.4. The van der Waals surface area contributed by atoms with Crippen LogP contribution in [-0.2, 0) is 0 Å². The molecule has 6 rings (SSSR count). The molecule has 0 saturated carbocycles. The lowest BCUT2D eigenvalue weighted by Gasteiger charge is -2.13. The molecular weight excluding hydrogens is 705 g/mol. The smallest absolute Gasteiger partial charge is 0.454 e. The van der Waals surface area contributed by atoms with Gasteiger partial charge in [-0.25, -0.2) is 18.7 Å². The molecular formula is C36H21F5N7O5+. The van der Waals surface area contributed by atoms with Gasteiger partial charge in [-0.1, -0.05) is 11.1 Å². The summed E-state index contributed by atoms with van der Waals surface area (Å²) in [7, 11) is 0. The maximum absolute atomic E-state index is 14.4. The van der Waals surface area contributed by atoms with Gasteiger partial charge in [0.2, 0.25) is 5.75 Å². The predicted molar refractivity (Wildman–Crippen MR) is 174 cm³/mol. The number of benzene rings is 4. The summed E-state index contributed by atoms with van der Waals surface area (Å²) in [6.45, 7) is 0. The highest BCUT2D eigenvalue weighted by atomic mass is 19.4. The molecule has 12 nitrogen and oxygen atoms in total. The zero-order valence-corrected chi connectivity index (χ0v) is 26.6. The Bertz CT molecular complexity index is 2370. The standard InChI is InChI=1S/C36H20F5N7O5/c37-24-3-1-2-22(6-24)34(49)46-26-4-21(14-42)5-29(11-26)52-33-17-45-20-48(18-33)28-7-23(8-31(13-28)53-36(39,40)41)35(50)47-27-9-25(38)10-30(12-27)51-32-15-43-19-44-16-32/h1-13,15-20H,(H-,46,47,49,50)/p+1. The molecule has 0 aliphatic heterocycles. The SMILES string of the molecule is N#Cc1cc(NC(=O)c2cccc(F)c2)cc(Oc2cnc[n+](-c3cc(OC(F)(F)F)cc(C(=O)Nc4cc(F)cc(Oc5cncnc5)c4)c3)c2)c1. The van der Waals surface area contributed by atoms with E-state index >= 15 is 0 Å².